The number of hydrogen-bond acceptors (Lipinski definition) is 5. The average Bonchev–Trinajstić information content (AvgIpc) is 2.72. The molecule has 0 saturated carbocycles. The molecule has 5 nitrogen and oxygen atoms in total. The van der Waals surface area contributed by atoms with Crippen molar-refractivity contribution in [3.63, 3.8) is 0 Å². The molecule has 0 aliphatic carbocycles. The summed E-state index contributed by atoms with van der Waals surface area (Å²) in [4.78, 5) is 15.5. The van der Waals surface area contributed by atoms with Crippen molar-refractivity contribution < 1.29 is 9.53 Å². The zero-order valence-corrected chi connectivity index (χ0v) is 8.34. The van der Waals surface area contributed by atoms with Crippen LogP contribution in [0.4, 0.5) is 5.13 Å². The van der Waals surface area contributed by atoms with Crippen molar-refractivity contribution in [3.8, 4) is 0 Å². The number of hydrogen-bond donors (Lipinski definition) is 2. The van der Waals surface area contributed by atoms with E-state index in [9.17, 15) is 4.79 Å². The third-order valence-electron chi connectivity index (χ3n) is 1.88. The lowest BCUT2D eigenvalue weighted by atomic mass is 10.3. The normalized spacial score (nSPS) is 21.9. The Morgan fingerprint density at radius 3 is 3.36 bits per heavy atom. The molecule has 1 aromatic heterocycles. The van der Waals surface area contributed by atoms with Crippen molar-refractivity contribution in [2.75, 3.05) is 25.0 Å². The Balaban J connectivity index is 1.88. The number of carbonyl (C=O) groups is 1. The minimum atomic E-state index is -0.396. The van der Waals surface area contributed by atoms with Gasteiger partial charge in [0.15, 0.2) is 5.13 Å². The van der Waals surface area contributed by atoms with Crippen LogP contribution in [0.15, 0.2) is 11.6 Å². The molecule has 0 bridgehead atoms. The molecule has 6 heteroatoms. The standard InChI is InChI=1S/C8H11N3O2S/c12-7(6-5-9-1-3-13-6)11-8-10-2-4-14-8/h2,4,6,9H,1,3,5H2,(H,10,11,12)/t6-/m1/s1. The van der Waals surface area contributed by atoms with E-state index in [2.05, 4.69) is 15.6 Å². The number of morpholine rings is 1. The summed E-state index contributed by atoms with van der Waals surface area (Å²) in [6.45, 7) is 1.95. The predicted molar refractivity (Wildman–Crippen MR) is 53.4 cm³/mol. The van der Waals surface area contributed by atoms with Crippen LogP contribution < -0.4 is 10.6 Å². The van der Waals surface area contributed by atoms with Gasteiger partial charge in [0.25, 0.3) is 5.91 Å². The van der Waals surface area contributed by atoms with E-state index in [0.717, 1.165) is 6.54 Å². The number of anilines is 1. The first-order valence-corrected chi connectivity index (χ1v) is 5.27. The number of amides is 1. The van der Waals surface area contributed by atoms with Gasteiger partial charge in [-0.25, -0.2) is 4.98 Å². The average molecular weight is 213 g/mol. The van der Waals surface area contributed by atoms with Gasteiger partial charge in [0.1, 0.15) is 6.10 Å². The molecule has 2 rings (SSSR count). The second-order valence-corrected chi connectivity index (χ2v) is 3.78. The van der Waals surface area contributed by atoms with Crippen molar-refractivity contribution >= 4 is 22.4 Å². The summed E-state index contributed by atoms with van der Waals surface area (Å²) < 4.78 is 5.29. The van der Waals surface area contributed by atoms with Gasteiger partial charge < -0.3 is 10.1 Å². The zero-order valence-electron chi connectivity index (χ0n) is 7.53. The van der Waals surface area contributed by atoms with Gasteiger partial charge in [-0.1, -0.05) is 0 Å². The maximum Gasteiger partial charge on any atom is 0.256 e. The first-order valence-electron chi connectivity index (χ1n) is 4.39. The molecule has 76 valence electrons. The Kier molecular flexibility index (Phi) is 3.07. The molecular weight excluding hydrogens is 202 g/mol. The van der Waals surface area contributed by atoms with Crippen LogP contribution in [0.1, 0.15) is 0 Å². The Morgan fingerprint density at radius 1 is 1.79 bits per heavy atom. The lowest BCUT2D eigenvalue weighted by molar-refractivity contribution is -0.128. The number of ether oxygens (including phenoxy) is 1. The van der Waals surface area contributed by atoms with E-state index in [-0.39, 0.29) is 5.91 Å². The Morgan fingerprint density at radius 2 is 2.71 bits per heavy atom. The fourth-order valence-corrected chi connectivity index (χ4v) is 1.74. The summed E-state index contributed by atoms with van der Waals surface area (Å²) in [5, 5.41) is 8.22. The highest BCUT2D eigenvalue weighted by molar-refractivity contribution is 7.13. The summed E-state index contributed by atoms with van der Waals surface area (Å²) in [6, 6.07) is 0. The second-order valence-electron chi connectivity index (χ2n) is 2.89. The van der Waals surface area contributed by atoms with E-state index in [4.69, 9.17) is 4.74 Å². The van der Waals surface area contributed by atoms with Crippen molar-refractivity contribution in [3.05, 3.63) is 11.6 Å². The lowest BCUT2D eigenvalue weighted by Crippen LogP contribution is -2.45. The van der Waals surface area contributed by atoms with E-state index < -0.39 is 6.10 Å². The zero-order chi connectivity index (χ0) is 9.80. The highest BCUT2D eigenvalue weighted by Crippen LogP contribution is 2.11. The van der Waals surface area contributed by atoms with Crippen molar-refractivity contribution in [1.82, 2.24) is 10.3 Å². The maximum absolute atomic E-state index is 11.6. The molecule has 1 atom stereocenters. The fourth-order valence-electron chi connectivity index (χ4n) is 1.20. The quantitative estimate of drug-likeness (QED) is 0.729. The second kappa shape index (κ2) is 4.50. The van der Waals surface area contributed by atoms with Crippen molar-refractivity contribution in [2.24, 2.45) is 0 Å². The largest absolute Gasteiger partial charge is 0.366 e. The number of rotatable bonds is 2. The van der Waals surface area contributed by atoms with E-state index in [1.165, 1.54) is 11.3 Å². The van der Waals surface area contributed by atoms with Gasteiger partial charge in [0.05, 0.1) is 6.61 Å². The number of aromatic nitrogens is 1. The van der Waals surface area contributed by atoms with Crippen LogP contribution >= 0.6 is 11.3 Å². The molecule has 1 aliphatic rings. The van der Waals surface area contributed by atoms with E-state index >= 15 is 0 Å². The highest BCUT2D eigenvalue weighted by atomic mass is 32.1. The van der Waals surface area contributed by atoms with E-state index in [1.807, 2.05) is 5.38 Å². The summed E-state index contributed by atoms with van der Waals surface area (Å²) in [5.74, 6) is -0.132. The summed E-state index contributed by atoms with van der Waals surface area (Å²) in [6.07, 6.45) is 1.26. The van der Waals surface area contributed by atoms with Gasteiger partial charge in [0, 0.05) is 24.7 Å². The molecule has 1 aliphatic heterocycles. The molecule has 1 aromatic rings. The predicted octanol–water partition coefficient (Wildman–Crippen LogP) is 0.0700. The smallest absolute Gasteiger partial charge is 0.256 e. The maximum atomic E-state index is 11.6. The van der Waals surface area contributed by atoms with Crippen molar-refractivity contribution in [1.29, 1.82) is 0 Å². The van der Waals surface area contributed by atoms with Crippen LogP contribution in [0, 0.1) is 0 Å². The molecule has 0 radical (unpaired) electrons. The minimum absolute atomic E-state index is 0.132. The molecule has 2 heterocycles. The van der Waals surface area contributed by atoms with Crippen LogP contribution in [0.25, 0.3) is 0 Å². The van der Waals surface area contributed by atoms with Crippen LogP contribution in [0.3, 0.4) is 0 Å². The number of thiazole rings is 1. The van der Waals surface area contributed by atoms with Crippen LogP contribution in [0.5, 0.6) is 0 Å². The fraction of sp³-hybridized carbons (Fsp3) is 0.500. The molecule has 0 aromatic carbocycles. The Labute approximate surface area is 85.5 Å². The van der Waals surface area contributed by atoms with Crippen molar-refractivity contribution in [2.45, 2.75) is 6.10 Å². The van der Waals surface area contributed by atoms with Gasteiger partial charge >= 0.3 is 0 Å². The number of nitrogens with zero attached hydrogens (tertiary/aromatic N) is 1. The third kappa shape index (κ3) is 2.28. The topological polar surface area (TPSA) is 63.2 Å². The Bertz CT molecular complexity index is 296. The highest BCUT2D eigenvalue weighted by Gasteiger charge is 2.21. The van der Waals surface area contributed by atoms with Gasteiger partial charge in [-0.3, -0.25) is 10.1 Å². The molecule has 0 unspecified atom stereocenters. The molecular formula is C8H11N3O2S. The van der Waals surface area contributed by atoms with Crippen LogP contribution in [-0.2, 0) is 9.53 Å². The Hall–Kier alpha value is -0.980. The van der Waals surface area contributed by atoms with E-state index in [1.54, 1.807) is 6.20 Å². The molecule has 0 spiro atoms. The molecule has 14 heavy (non-hydrogen) atoms. The third-order valence-corrected chi connectivity index (χ3v) is 2.57. The minimum Gasteiger partial charge on any atom is -0.366 e. The van der Waals surface area contributed by atoms with Gasteiger partial charge in [-0.05, 0) is 0 Å². The SMILES string of the molecule is O=C(Nc1nccs1)[C@H]1CNCCO1. The molecule has 1 fully saturated rings. The number of carbonyl (C=O) groups excluding carboxylic acids is 1. The van der Waals surface area contributed by atoms with Gasteiger partial charge in [-0.15, -0.1) is 11.3 Å². The molecule has 1 saturated heterocycles. The number of nitrogens with one attached hydrogen (secondary N) is 2. The first-order chi connectivity index (χ1) is 6.86. The first kappa shape index (κ1) is 9.57. The van der Waals surface area contributed by atoms with Gasteiger partial charge in [0.2, 0.25) is 0 Å². The van der Waals surface area contributed by atoms with Crippen LogP contribution in [0.2, 0.25) is 0 Å². The summed E-state index contributed by atoms with van der Waals surface area (Å²) >= 11 is 1.40. The summed E-state index contributed by atoms with van der Waals surface area (Å²) in [5.41, 5.74) is 0. The monoisotopic (exact) mass is 213 g/mol. The van der Waals surface area contributed by atoms with E-state index in [0.29, 0.717) is 18.3 Å². The summed E-state index contributed by atoms with van der Waals surface area (Å²) in [7, 11) is 0. The molecule has 1 amide bonds. The van der Waals surface area contributed by atoms with Gasteiger partial charge in [-0.2, -0.15) is 0 Å². The lowest BCUT2D eigenvalue weighted by Gasteiger charge is -2.22. The van der Waals surface area contributed by atoms with Crippen LogP contribution in [-0.4, -0.2) is 36.7 Å². The molecule has 2 N–H and O–H groups in total.